The van der Waals surface area contributed by atoms with Crippen molar-refractivity contribution in [2.24, 2.45) is 5.41 Å². The number of halogens is 1. The molecule has 0 aliphatic carbocycles. The maximum atomic E-state index is 13.2. The fraction of sp³-hybridized carbons (Fsp3) is 0.467. The second-order valence-electron chi connectivity index (χ2n) is 5.75. The molecule has 0 unspecified atom stereocenters. The van der Waals surface area contributed by atoms with Crippen LogP contribution in [0.25, 0.3) is 0 Å². The molecule has 0 aromatic heterocycles. The van der Waals surface area contributed by atoms with E-state index in [1.807, 2.05) is 13.8 Å². The average Bonchev–Trinajstić information content (AvgIpc) is 2.35. The fourth-order valence-corrected chi connectivity index (χ4v) is 2.35. The van der Waals surface area contributed by atoms with Crippen LogP contribution in [0.3, 0.4) is 0 Å². The molecule has 1 aliphatic rings. The predicted molar refractivity (Wildman–Crippen MR) is 70.4 cm³/mol. The lowest BCUT2D eigenvalue weighted by Crippen LogP contribution is -2.48. The van der Waals surface area contributed by atoms with E-state index in [9.17, 15) is 14.0 Å². The van der Waals surface area contributed by atoms with Gasteiger partial charge in [-0.2, -0.15) is 0 Å². The van der Waals surface area contributed by atoms with Gasteiger partial charge in [0.05, 0.1) is 0 Å². The van der Waals surface area contributed by atoms with Crippen molar-refractivity contribution in [2.75, 3.05) is 13.1 Å². The number of likely N-dealkylation sites (tertiary alicyclic amines) is 1. The molecule has 1 aliphatic heterocycles. The number of hydrogen-bond acceptors (Lipinski definition) is 2. The molecule has 0 bridgehead atoms. The molecule has 4 heteroatoms. The number of amides is 1. The Morgan fingerprint density at radius 2 is 2.05 bits per heavy atom. The van der Waals surface area contributed by atoms with Crippen LogP contribution >= 0.6 is 0 Å². The van der Waals surface area contributed by atoms with Crippen LogP contribution in [-0.4, -0.2) is 29.7 Å². The van der Waals surface area contributed by atoms with Crippen LogP contribution in [0.1, 0.15) is 36.2 Å². The quantitative estimate of drug-likeness (QED) is 0.781. The third-order valence-corrected chi connectivity index (χ3v) is 3.64. The molecule has 1 saturated heterocycles. The van der Waals surface area contributed by atoms with Crippen molar-refractivity contribution < 1.29 is 14.0 Å². The van der Waals surface area contributed by atoms with Crippen LogP contribution in [0.5, 0.6) is 0 Å². The van der Waals surface area contributed by atoms with E-state index < -0.39 is 5.41 Å². The van der Waals surface area contributed by atoms with Gasteiger partial charge in [-0.05, 0) is 30.7 Å². The van der Waals surface area contributed by atoms with Crippen LogP contribution in [0.15, 0.2) is 18.2 Å². The minimum Gasteiger partial charge on any atom is -0.337 e. The van der Waals surface area contributed by atoms with Crippen molar-refractivity contribution in [3.05, 3.63) is 35.1 Å². The maximum Gasteiger partial charge on any atom is 0.253 e. The zero-order valence-corrected chi connectivity index (χ0v) is 11.5. The molecule has 0 atom stereocenters. The number of ketones is 1. The molecular formula is C15H18FNO2. The van der Waals surface area contributed by atoms with E-state index in [1.54, 1.807) is 17.9 Å². The highest BCUT2D eigenvalue weighted by atomic mass is 19.1. The van der Waals surface area contributed by atoms with Crippen molar-refractivity contribution in [1.82, 2.24) is 4.90 Å². The van der Waals surface area contributed by atoms with Crippen LogP contribution in [0, 0.1) is 18.2 Å². The summed E-state index contributed by atoms with van der Waals surface area (Å²) >= 11 is 0. The molecule has 19 heavy (non-hydrogen) atoms. The van der Waals surface area contributed by atoms with E-state index in [1.165, 1.54) is 12.1 Å². The van der Waals surface area contributed by atoms with Gasteiger partial charge in [0.25, 0.3) is 5.91 Å². The van der Waals surface area contributed by atoms with Crippen molar-refractivity contribution in [3.8, 4) is 0 Å². The Hall–Kier alpha value is -1.71. The first-order valence-corrected chi connectivity index (χ1v) is 6.40. The Morgan fingerprint density at radius 1 is 1.37 bits per heavy atom. The first kappa shape index (κ1) is 13.7. The normalized spacial score (nSPS) is 18.5. The molecular weight excluding hydrogens is 245 g/mol. The minimum absolute atomic E-state index is 0.135. The third-order valence-electron chi connectivity index (χ3n) is 3.64. The summed E-state index contributed by atoms with van der Waals surface area (Å²) in [5.74, 6) is -0.263. The predicted octanol–water partition coefficient (Wildman–Crippen LogP) is 2.58. The van der Waals surface area contributed by atoms with Gasteiger partial charge in [0.1, 0.15) is 11.6 Å². The summed E-state index contributed by atoms with van der Waals surface area (Å²) in [5, 5.41) is 0. The number of hydrogen-bond donors (Lipinski definition) is 0. The lowest BCUT2D eigenvalue weighted by molar-refractivity contribution is -0.130. The molecule has 1 amide bonds. The molecule has 2 rings (SSSR count). The number of Topliss-reactive ketones (excluding diaryl/α,β-unsaturated/α-hetero) is 1. The van der Waals surface area contributed by atoms with E-state index in [0.717, 1.165) is 0 Å². The standard InChI is InChI=1S/C15H18FNO2/c1-10-8-11(4-5-12(10)16)14(19)17-7-6-13(18)15(2,3)9-17/h4-5,8H,6-7,9H2,1-3H3. The number of piperidine rings is 1. The van der Waals surface area contributed by atoms with Gasteiger partial charge in [-0.3, -0.25) is 9.59 Å². The van der Waals surface area contributed by atoms with Gasteiger partial charge in [-0.1, -0.05) is 13.8 Å². The lowest BCUT2D eigenvalue weighted by atomic mass is 9.82. The maximum absolute atomic E-state index is 13.2. The number of rotatable bonds is 1. The molecule has 1 fully saturated rings. The highest BCUT2D eigenvalue weighted by molar-refractivity contribution is 5.96. The van der Waals surface area contributed by atoms with Crippen molar-refractivity contribution in [3.63, 3.8) is 0 Å². The largest absolute Gasteiger partial charge is 0.337 e. The summed E-state index contributed by atoms with van der Waals surface area (Å²) in [6.07, 6.45) is 0.388. The summed E-state index contributed by atoms with van der Waals surface area (Å²) in [7, 11) is 0. The highest BCUT2D eigenvalue weighted by Crippen LogP contribution is 2.26. The van der Waals surface area contributed by atoms with Crippen molar-refractivity contribution in [1.29, 1.82) is 0 Å². The van der Waals surface area contributed by atoms with Gasteiger partial charge in [-0.25, -0.2) is 4.39 Å². The summed E-state index contributed by atoms with van der Waals surface area (Å²) in [6.45, 7) is 6.20. The highest BCUT2D eigenvalue weighted by Gasteiger charge is 2.36. The SMILES string of the molecule is Cc1cc(C(=O)N2CCC(=O)C(C)(C)C2)ccc1F. The van der Waals surface area contributed by atoms with Gasteiger partial charge < -0.3 is 4.90 Å². The molecule has 1 heterocycles. The molecule has 0 saturated carbocycles. The molecule has 1 aromatic rings. The van der Waals surface area contributed by atoms with Crippen LogP contribution in [0.2, 0.25) is 0 Å². The third kappa shape index (κ3) is 2.67. The fourth-order valence-electron chi connectivity index (χ4n) is 2.35. The van der Waals surface area contributed by atoms with Crippen molar-refractivity contribution in [2.45, 2.75) is 27.2 Å². The Kier molecular flexibility index (Phi) is 3.43. The number of aryl methyl sites for hydroxylation is 1. The molecule has 0 radical (unpaired) electrons. The monoisotopic (exact) mass is 263 g/mol. The van der Waals surface area contributed by atoms with Gasteiger partial charge >= 0.3 is 0 Å². The number of carbonyl (C=O) groups is 2. The Labute approximate surface area is 112 Å². The van der Waals surface area contributed by atoms with Gasteiger partial charge in [0, 0.05) is 30.5 Å². The second-order valence-corrected chi connectivity index (χ2v) is 5.75. The van der Waals surface area contributed by atoms with Crippen LogP contribution in [-0.2, 0) is 4.79 Å². The zero-order valence-electron chi connectivity index (χ0n) is 11.5. The topological polar surface area (TPSA) is 37.4 Å². The molecule has 1 aromatic carbocycles. The van der Waals surface area contributed by atoms with E-state index in [2.05, 4.69) is 0 Å². The average molecular weight is 263 g/mol. The second kappa shape index (κ2) is 4.76. The Morgan fingerprint density at radius 3 is 2.63 bits per heavy atom. The zero-order chi connectivity index (χ0) is 14.2. The van der Waals surface area contributed by atoms with Gasteiger partial charge in [-0.15, -0.1) is 0 Å². The molecule has 0 spiro atoms. The number of carbonyl (C=O) groups excluding carboxylic acids is 2. The number of nitrogens with zero attached hydrogens (tertiary/aromatic N) is 1. The Balaban J connectivity index is 2.20. The first-order chi connectivity index (χ1) is 8.81. The summed E-state index contributed by atoms with van der Waals surface area (Å²) in [4.78, 5) is 25.8. The summed E-state index contributed by atoms with van der Waals surface area (Å²) in [6, 6.07) is 4.36. The summed E-state index contributed by atoms with van der Waals surface area (Å²) < 4.78 is 13.2. The number of benzene rings is 1. The minimum atomic E-state index is -0.497. The van der Waals surface area contributed by atoms with E-state index in [0.29, 0.717) is 30.6 Å². The Bertz CT molecular complexity index is 537. The van der Waals surface area contributed by atoms with Crippen LogP contribution in [0.4, 0.5) is 4.39 Å². The first-order valence-electron chi connectivity index (χ1n) is 6.40. The smallest absolute Gasteiger partial charge is 0.253 e. The molecule has 3 nitrogen and oxygen atoms in total. The summed E-state index contributed by atoms with van der Waals surface area (Å²) in [5.41, 5.74) is 0.436. The van der Waals surface area contributed by atoms with Crippen LogP contribution < -0.4 is 0 Å². The van der Waals surface area contributed by atoms with E-state index in [4.69, 9.17) is 0 Å². The lowest BCUT2D eigenvalue weighted by Gasteiger charge is -2.36. The van der Waals surface area contributed by atoms with E-state index in [-0.39, 0.29) is 17.5 Å². The molecule has 102 valence electrons. The van der Waals surface area contributed by atoms with Gasteiger partial charge in [0.2, 0.25) is 0 Å². The van der Waals surface area contributed by atoms with Gasteiger partial charge in [0.15, 0.2) is 0 Å². The van der Waals surface area contributed by atoms with E-state index >= 15 is 0 Å². The molecule has 0 N–H and O–H groups in total. The van der Waals surface area contributed by atoms with Crippen molar-refractivity contribution >= 4 is 11.7 Å².